The van der Waals surface area contributed by atoms with Crippen molar-refractivity contribution in [2.75, 3.05) is 0 Å². The molecule has 0 aliphatic carbocycles. The molecule has 0 fully saturated rings. The molecule has 3 nitrogen and oxygen atoms in total. The van der Waals surface area contributed by atoms with Gasteiger partial charge in [0.25, 0.3) is 0 Å². The average Bonchev–Trinajstić information content (AvgIpc) is 2.72. The number of aromatic nitrogens is 2. The topological polar surface area (TPSA) is 38.1 Å². The highest BCUT2D eigenvalue weighted by Gasteiger charge is 2.07. The van der Waals surface area contributed by atoms with Gasteiger partial charge in [-0.3, -0.25) is 4.68 Å². The fourth-order valence-corrected chi connectivity index (χ4v) is 2.01. The molecule has 17 heavy (non-hydrogen) atoms. The highest BCUT2D eigenvalue weighted by Crippen LogP contribution is 2.23. The standard InChI is InChI=1S/C14H18N2O/c1-3-5-11-6-8-12(9-7-11)13-10-14(17)15-16(13)4-2/h6-10H,3-5H2,1-2H3,(H,15,17). The third-order valence-electron chi connectivity index (χ3n) is 2.85. The van der Waals surface area contributed by atoms with Gasteiger partial charge in [0.05, 0.1) is 5.69 Å². The van der Waals surface area contributed by atoms with Crippen LogP contribution in [-0.4, -0.2) is 14.9 Å². The van der Waals surface area contributed by atoms with Gasteiger partial charge in [0, 0.05) is 12.6 Å². The van der Waals surface area contributed by atoms with Crippen molar-refractivity contribution < 1.29 is 5.11 Å². The highest BCUT2D eigenvalue weighted by atomic mass is 16.3. The Balaban J connectivity index is 2.32. The molecular formula is C14H18N2O. The average molecular weight is 230 g/mol. The zero-order valence-electron chi connectivity index (χ0n) is 10.3. The van der Waals surface area contributed by atoms with Gasteiger partial charge in [-0.15, -0.1) is 5.10 Å². The molecule has 0 spiro atoms. The molecule has 0 atom stereocenters. The van der Waals surface area contributed by atoms with Crippen molar-refractivity contribution >= 4 is 0 Å². The normalized spacial score (nSPS) is 10.7. The van der Waals surface area contributed by atoms with Crippen LogP contribution in [0, 0.1) is 0 Å². The monoisotopic (exact) mass is 230 g/mol. The molecule has 1 aromatic carbocycles. The van der Waals surface area contributed by atoms with Crippen LogP contribution in [0.3, 0.4) is 0 Å². The van der Waals surface area contributed by atoms with E-state index in [1.165, 1.54) is 5.56 Å². The smallest absolute Gasteiger partial charge is 0.230 e. The molecule has 1 heterocycles. The van der Waals surface area contributed by atoms with Crippen molar-refractivity contribution in [2.24, 2.45) is 0 Å². The minimum Gasteiger partial charge on any atom is -0.492 e. The summed E-state index contributed by atoms with van der Waals surface area (Å²) in [5.74, 6) is 0.0829. The number of benzene rings is 1. The Labute approximate surface area is 102 Å². The maximum Gasteiger partial charge on any atom is 0.230 e. The lowest BCUT2D eigenvalue weighted by molar-refractivity contribution is 0.439. The lowest BCUT2D eigenvalue weighted by atomic mass is 10.1. The molecule has 0 aliphatic rings. The van der Waals surface area contributed by atoms with E-state index in [4.69, 9.17) is 0 Å². The minimum absolute atomic E-state index is 0.0829. The van der Waals surface area contributed by atoms with E-state index in [0.717, 1.165) is 30.6 Å². The summed E-state index contributed by atoms with van der Waals surface area (Å²) in [6.45, 7) is 4.95. The van der Waals surface area contributed by atoms with Crippen molar-refractivity contribution in [3.8, 4) is 17.1 Å². The van der Waals surface area contributed by atoms with E-state index < -0.39 is 0 Å². The maximum atomic E-state index is 9.43. The zero-order valence-corrected chi connectivity index (χ0v) is 10.3. The Morgan fingerprint density at radius 2 is 1.88 bits per heavy atom. The van der Waals surface area contributed by atoms with E-state index in [1.807, 2.05) is 11.6 Å². The summed E-state index contributed by atoms with van der Waals surface area (Å²) < 4.78 is 1.81. The van der Waals surface area contributed by atoms with Crippen LogP contribution < -0.4 is 0 Å². The Morgan fingerprint density at radius 1 is 1.18 bits per heavy atom. The Bertz CT molecular complexity index is 485. The first-order chi connectivity index (χ1) is 8.24. The predicted molar refractivity (Wildman–Crippen MR) is 69.0 cm³/mol. The van der Waals surface area contributed by atoms with E-state index in [-0.39, 0.29) is 5.88 Å². The van der Waals surface area contributed by atoms with Gasteiger partial charge in [0.1, 0.15) is 0 Å². The third-order valence-corrected chi connectivity index (χ3v) is 2.85. The Morgan fingerprint density at radius 3 is 2.47 bits per heavy atom. The van der Waals surface area contributed by atoms with E-state index in [1.54, 1.807) is 6.07 Å². The third kappa shape index (κ3) is 2.49. The predicted octanol–water partition coefficient (Wildman–Crippen LogP) is 3.23. The van der Waals surface area contributed by atoms with Gasteiger partial charge in [-0.05, 0) is 24.5 Å². The van der Waals surface area contributed by atoms with Crippen LogP contribution in [0.25, 0.3) is 11.3 Å². The summed E-state index contributed by atoms with van der Waals surface area (Å²) in [5.41, 5.74) is 3.41. The molecule has 2 aromatic rings. The summed E-state index contributed by atoms with van der Waals surface area (Å²) in [6, 6.07) is 10.2. The van der Waals surface area contributed by atoms with Crippen molar-refractivity contribution in [3.05, 3.63) is 35.9 Å². The molecule has 1 N–H and O–H groups in total. The summed E-state index contributed by atoms with van der Waals surface area (Å²) in [6.07, 6.45) is 2.27. The molecule has 0 aliphatic heterocycles. The van der Waals surface area contributed by atoms with Gasteiger partial charge < -0.3 is 5.11 Å². The molecule has 0 unspecified atom stereocenters. The Kier molecular flexibility index (Phi) is 3.47. The fourth-order valence-electron chi connectivity index (χ4n) is 2.01. The summed E-state index contributed by atoms with van der Waals surface area (Å²) >= 11 is 0. The van der Waals surface area contributed by atoms with Gasteiger partial charge >= 0.3 is 0 Å². The molecule has 0 amide bonds. The fraction of sp³-hybridized carbons (Fsp3) is 0.357. The molecule has 0 saturated carbocycles. The molecular weight excluding hydrogens is 212 g/mol. The minimum atomic E-state index is 0.0829. The zero-order chi connectivity index (χ0) is 12.3. The van der Waals surface area contributed by atoms with Crippen LogP contribution in [0.2, 0.25) is 0 Å². The first-order valence-corrected chi connectivity index (χ1v) is 6.10. The number of hydrogen-bond acceptors (Lipinski definition) is 2. The molecule has 90 valence electrons. The van der Waals surface area contributed by atoms with Gasteiger partial charge in [-0.2, -0.15) is 0 Å². The van der Waals surface area contributed by atoms with Crippen molar-refractivity contribution in [3.63, 3.8) is 0 Å². The number of aromatic hydroxyl groups is 1. The SMILES string of the molecule is CCCc1ccc(-c2cc(O)nn2CC)cc1. The van der Waals surface area contributed by atoms with Gasteiger partial charge in [0.15, 0.2) is 0 Å². The number of aryl methyl sites for hydroxylation is 2. The van der Waals surface area contributed by atoms with Crippen LogP contribution in [0.15, 0.2) is 30.3 Å². The lowest BCUT2D eigenvalue weighted by Crippen LogP contribution is -1.98. The van der Waals surface area contributed by atoms with Crippen LogP contribution in [0.4, 0.5) is 0 Å². The van der Waals surface area contributed by atoms with Crippen LogP contribution in [-0.2, 0) is 13.0 Å². The van der Waals surface area contributed by atoms with Gasteiger partial charge in [-0.1, -0.05) is 37.6 Å². The molecule has 0 bridgehead atoms. The van der Waals surface area contributed by atoms with Crippen molar-refractivity contribution in [2.45, 2.75) is 33.2 Å². The molecule has 0 saturated heterocycles. The maximum absolute atomic E-state index is 9.43. The molecule has 3 heteroatoms. The van der Waals surface area contributed by atoms with Crippen molar-refractivity contribution in [1.29, 1.82) is 0 Å². The second-order valence-corrected chi connectivity index (χ2v) is 4.15. The second-order valence-electron chi connectivity index (χ2n) is 4.15. The number of rotatable bonds is 4. The van der Waals surface area contributed by atoms with Crippen LogP contribution >= 0.6 is 0 Å². The molecule has 2 rings (SSSR count). The van der Waals surface area contributed by atoms with Crippen molar-refractivity contribution in [1.82, 2.24) is 9.78 Å². The van der Waals surface area contributed by atoms with Crippen LogP contribution in [0.5, 0.6) is 5.88 Å². The Hall–Kier alpha value is -1.77. The van der Waals surface area contributed by atoms with E-state index in [2.05, 4.69) is 36.3 Å². The first kappa shape index (κ1) is 11.7. The molecule has 0 radical (unpaired) electrons. The second kappa shape index (κ2) is 5.04. The summed E-state index contributed by atoms with van der Waals surface area (Å²) in [7, 11) is 0. The number of hydrogen-bond donors (Lipinski definition) is 1. The quantitative estimate of drug-likeness (QED) is 0.875. The summed E-state index contributed by atoms with van der Waals surface area (Å²) in [4.78, 5) is 0. The summed E-state index contributed by atoms with van der Waals surface area (Å²) in [5, 5.41) is 13.5. The van der Waals surface area contributed by atoms with E-state index in [0.29, 0.717) is 0 Å². The largest absolute Gasteiger partial charge is 0.492 e. The highest BCUT2D eigenvalue weighted by molar-refractivity contribution is 5.61. The first-order valence-electron chi connectivity index (χ1n) is 6.10. The van der Waals surface area contributed by atoms with E-state index in [9.17, 15) is 5.11 Å². The lowest BCUT2D eigenvalue weighted by Gasteiger charge is -2.05. The van der Waals surface area contributed by atoms with E-state index >= 15 is 0 Å². The van der Waals surface area contributed by atoms with Gasteiger partial charge in [0.2, 0.25) is 5.88 Å². The van der Waals surface area contributed by atoms with Gasteiger partial charge in [-0.25, -0.2) is 0 Å². The number of nitrogens with zero attached hydrogens (tertiary/aromatic N) is 2. The molecule has 1 aromatic heterocycles. The van der Waals surface area contributed by atoms with Crippen LogP contribution in [0.1, 0.15) is 25.8 Å².